The van der Waals surface area contributed by atoms with Gasteiger partial charge in [-0.3, -0.25) is 9.13 Å². The van der Waals surface area contributed by atoms with E-state index in [1.54, 1.807) is 18.4 Å². The Bertz CT molecular complexity index is 1060. The Labute approximate surface area is 170 Å². The van der Waals surface area contributed by atoms with E-state index in [0.29, 0.717) is 11.2 Å². The van der Waals surface area contributed by atoms with Crippen LogP contribution < -0.4 is 10.3 Å². The van der Waals surface area contributed by atoms with Crippen molar-refractivity contribution in [3.8, 4) is 0 Å². The summed E-state index contributed by atoms with van der Waals surface area (Å²) in [4.78, 5) is 38.9. The van der Waals surface area contributed by atoms with Gasteiger partial charge in [-0.2, -0.15) is 0 Å². The van der Waals surface area contributed by atoms with Crippen LogP contribution in [0.15, 0.2) is 12.7 Å². The zero-order chi connectivity index (χ0) is 21.9. The third-order valence-electron chi connectivity index (χ3n) is 4.64. The van der Waals surface area contributed by atoms with Crippen LogP contribution in [0.1, 0.15) is 20.1 Å². The number of nitrogens with one attached hydrogen (secondary N) is 1. The lowest BCUT2D eigenvalue weighted by molar-refractivity contribution is -0.748. The van der Waals surface area contributed by atoms with Gasteiger partial charge in [0.25, 0.3) is 5.65 Å². The Morgan fingerprint density at radius 2 is 1.97 bits per heavy atom. The van der Waals surface area contributed by atoms with E-state index in [9.17, 15) is 14.0 Å². The van der Waals surface area contributed by atoms with Gasteiger partial charge in [0.2, 0.25) is 18.4 Å². The predicted octanol–water partition coefficient (Wildman–Crippen LogP) is -0.418. The quantitative estimate of drug-likeness (QED) is 0.272. The van der Waals surface area contributed by atoms with Crippen molar-refractivity contribution >= 4 is 32.2 Å². The van der Waals surface area contributed by atoms with E-state index < -0.39 is 58.0 Å². The van der Waals surface area contributed by atoms with Gasteiger partial charge in [-0.1, -0.05) is 9.97 Å². The minimum atomic E-state index is -4.75. The molecular weight excluding hydrogens is 444 g/mol. The van der Waals surface area contributed by atoms with Gasteiger partial charge in [0.1, 0.15) is 18.3 Å². The molecule has 2 aromatic heterocycles. The zero-order valence-corrected chi connectivity index (χ0v) is 17.8. The summed E-state index contributed by atoms with van der Waals surface area (Å²) in [6, 6.07) is 0. The fraction of sp³-hybridized carbons (Fsp3) is 0.643. The summed E-state index contributed by atoms with van der Waals surface area (Å²) in [6.07, 6.45) is -0.0695. The summed E-state index contributed by atoms with van der Waals surface area (Å²) in [5.74, 6) is -2.01. The first kappa shape index (κ1) is 21.8. The summed E-state index contributed by atoms with van der Waals surface area (Å²) >= 11 is 0. The van der Waals surface area contributed by atoms with Crippen LogP contribution in [0.2, 0.25) is 0 Å². The molecule has 16 heteroatoms. The molecular formula is C14H22N5O9P2+. The monoisotopic (exact) mass is 466 g/mol. The molecule has 14 nitrogen and oxygen atoms in total. The van der Waals surface area contributed by atoms with Crippen LogP contribution in [0.25, 0.3) is 11.2 Å². The Kier molecular flexibility index (Phi) is 5.29. The fourth-order valence-corrected chi connectivity index (χ4v) is 6.15. The van der Waals surface area contributed by atoms with E-state index in [4.69, 9.17) is 34.3 Å². The van der Waals surface area contributed by atoms with Crippen LogP contribution >= 0.6 is 15.2 Å². The maximum absolute atomic E-state index is 12.0. The van der Waals surface area contributed by atoms with Crippen molar-refractivity contribution in [2.24, 2.45) is 0 Å². The predicted molar refractivity (Wildman–Crippen MR) is 98.9 cm³/mol. The van der Waals surface area contributed by atoms with Crippen molar-refractivity contribution in [2.75, 3.05) is 18.2 Å². The van der Waals surface area contributed by atoms with Crippen LogP contribution in [-0.4, -0.2) is 66.2 Å². The molecule has 4 rings (SSSR count). The van der Waals surface area contributed by atoms with Crippen molar-refractivity contribution in [3.05, 3.63) is 12.7 Å². The van der Waals surface area contributed by atoms with E-state index in [1.807, 2.05) is 0 Å². The van der Waals surface area contributed by atoms with Gasteiger partial charge in [0.05, 0.1) is 6.61 Å². The van der Waals surface area contributed by atoms with Crippen molar-refractivity contribution < 1.29 is 47.1 Å². The van der Waals surface area contributed by atoms with Gasteiger partial charge in [0, 0.05) is 0 Å². The molecule has 0 spiro atoms. The molecule has 166 valence electrons. The second-order valence-electron chi connectivity index (χ2n) is 7.51. The standard InChI is InChI=1S/C14H21N5O9P2/c1-14(2)27-9-7(3-25-30(23,24)6-29(20,21)22)26-13(10(9)28-14)19-5-18-11(15)8-12(19)17-4-16-8/h4-5,7,9-10,13H,3,6H2,1-2H3,(H5,15,16,17,20,21,22,23,24)/p+1/t7-,9?,10?,13-/m1/s1. The van der Waals surface area contributed by atoms with E-state index in [1.165, 1.54) is 12.7 Å². The Hall–Kier alpha value is -1.47. The summed E-state index contributed by atoms with van der Waals surface area (Å²) in [7, 11) is -9.30. The van der Waals surface area contributed by atoms with E-state index >= 15 is 0 Å². The molecule has 2 fully saturated rings. The number of nitrogen functional groups attached to an aromatic ring is 1. The Morgan fingerprint density at radius 1 is 1.27 bits per heavy atom. The van der Waals surface area contributed by atoms with E-state index in [-0.39, 0.29) is 5.82 Å². The molecule has 0 aromatic carbocycles. The topological polar surface area (TPSA) is 203 Å². The molecule has 2 saturated heterocycles. The largest absolute Gasteiger partial charge is 0.368 e. The van der Waals surface area contributed by atoms with Gasteiger partial charge >= 0.3 is 15.2 Å². The Balaban J connectivity index is 1.60. The third-order valence-corrected chi connectivity index (χ3v) is 8.10. The zero-order valence-electron chi connectivity index (χ0n) is 16.0. The minimum absolute atomic E-state index is 0.246. The molecule has 0 radical (unpaired) electrons. The maximum atomic E-state index is 12.0. The first-order valence-electron chi connectivity index (χ1n) is 8.86. The smallest absolute Gasteiger partial charge is 0.340 e. The first-order chi connectivity index (χ1) is 13.9. The second kappa shape index (κ2) is 7.30. The number of fused-ring (bicyclic) bond motifs is 2. The SMILES string of the molecule is CC1(C)OC2C(O1)[C@@H](COP(=O)(O)CP(=O)(O)O)O[C@H]2[n+]1cnc(N)c2[nH]cnc21. The number of nitrogens with zero attached hydrogens (tertiary/aromatic N) is 3. The van der Waals surface area contributed by atoms with Crippen LogP contribution in [0.3, 0.4) is 0 Å². The number of aromatic amines is 1. The highest BCUT2D eigenvalue weighted by Crippen LogP contribution is 2.55. The second-order valence-corrected chi connectivity index (χ2v) is 11.5. The number of aromatic nitrogens is 4. The van der Waals surface area contributed by atoms with Crippen LogP contribution in [-0.2, 0) is 27.9 Å². The third kappa shape index (κ3) is 4.28. The molecule has 2 aliphatic rings. The van der Waals surface area contributed by atoms with Crippen LogP contribution in [0, 0.1) is 0 Å². The number of hydrogen-bond donors (Lipinski definition) is 5. The first-order valence-corrected chi connectivity index (χ1v) is 12.4. The van der Waals surface area contributed by atoms with Crippen LogP contribution in [0.4, 0.5) is 5.82 Å². The van der Waals surface area contributed by atoms with Gasteiger partial charge in [-0.05, 0) is 13.8 Å². The lowest BCUT2D eigenvalue weighted by Gasteiger charge is -2.24. The minimum Gasteiger partial charge on any atom is -0.368 e. The van der Waals surface area contributed by atoms with E-state index in [2.05, 4.69) is 15.0 Å². The van der Waals surface area contributed by atoms with E-state index in [0.717, 1.165) is 0 Å². The molecule has 3 unspecified atom stereocenters. The number of imidazole rings is 1. The molecule has 2 aromatic rings. The highest BCUT2D eigenvalue weighted by molar-refractivity contribution is 7.70. The average molecular weight is 466 g/mol. The molecule has 5 atom stereocenters. The van der Waals surface area contributed by atoms with Crippen molar-refractivity contribution in [1.82, 2.24) is 15.0 Å². The molecule has 2 aliphatic heterocycles. The van der Waals surface area contributed by atoms with Crippen molar-refractivity contribution in [2.45, 2.75) is 44.2 Å². The van der Waals surface area contributed by atoms with Gasteiger partial charge in [-0.25, -0.2) is 4.57 Å². The van der Waals surface area contributed by atoms with Crippen molar-refractivity contribution in [1.29, 1.82) is 0 Å². The molecule has 0 saturated carbocycles. The molecule has 30 heavy (non-hydrogen) atoms. The summed E-state index contributed by atoms with van der Waals surface area (Å²) in [5, 5.41) is 0. The molecule has 0 amide bonds. The fourth-order valence-electron chi connectivity index (χ4n) is 3.58. The van der Waals surface area contributed by atoms with Crippen LogP contribution in [0.5, 0.6) is 0 Å². The van der Waals surface area contributed by atoms with Crippen molar-refractivity contribution in [3.63, 3.8) is 0 Å². The number of hydrogen-bond acceptors (Lipinski definition) is 9. The number of nitrogens with two attached hydrogens (primary N) is 1. The summed E-state index contributed by atoms with van der Waals surface area (Å²) in [5.41, 5.74) is 6.81. The number of H-pyrrole nitrogens is 1. The molecule has 0 aliphatic carbocycles. The maximum Gasteiger partial charge on any atom is 0.340 e. The lowest BCUT2D eigenvalue weighted by Crippen LogP contribution is -2.47. The number of ether oxygens (including phenoxy) is 3. The number of anilines is 1. The van der Waals surface area contributed by atoms with Gasteiger partial charge in [0.15, 0.2) is 23.5 Å². The Morgan fingerprint density at radius 3 is 2.67 bits per heavy atom. The normalized spacial score (nSPS) is 30.4. The van der Waals surface area contributed by atoms with Gasteiger partial charge in [-0.15, -0.1) is 0 Å². The molecule has 0 bridgehead atoms. The number of rotatable bonds is 6. The summed E-state index contributed by atoms with van der Waals surface area (Å²) < 4.78 is 47.4. The highest BCUT2D eigenvalue weighted by atomic mass is 31.2. The summed E-state index contributed by atoms with van der Waals surface area (Å²) in [6.45, 7) is 2.97. The van der Waals surface area contributed by atoms with Gasteiger partial charge < -0.3 is 44.1 Å². The average Bonchev–Trinajstić information content (AvgIpc) is 3.25. The molecule has 6 N–H and O–H groups in total. The molecule has 4 heterocycles. The highest BCUT2D eigenvalue weighted by Gasteiger charge is 2.58. The lowest BCUT2D eigenvalue weighted by atomic mass is 10.1.